The van der Waals surface area contributed by atoms with Crippen molar-refractivity contribution in [3.05, 3.63) is 94.6 Å². The Kier molecular flexibility index (Phi) is 7.00. The van der Waals surface area contributed by atoms with Crippen molar-refractivity contribution in [3.8, 4) is 11.5 Å². The Morgan fingerprint density at radius 1 is 1.09 bits per heavy atom. The predicted molar refractivity (Wildman–Crippen MR) is 172 cm³/mol. The van der Waals surface area contributed by atoms with Crippen molar-refractivity contribution in [2.24, 2.45) is 5.92 Å². The Hall–Kier alpha value is -3.77. The monoisotopic (exact) mass is 577 g/mol. The highest BCUT2D eigenvalue weighted by molar-refractivity contribution is 5.92. The molecule has 6 heteroatoms. The van der Waals surface area contributed by atoms with Gasteiger partial charge in [0.05, 0.1) is 6.04 Å². The third-order valence-corrected chi connectivity index (χ3v) is 10.8. The highest BCUT2D eigenvalue weighted by Crippen LogP contribution is 2.65. The van der Waals surface area contributed by atoms with Crippen LogP contribution in [0.1, 0.15) is 47.1 Å². The number of phenols is 1. The fraction of sp³-hybridized carbons (Fsp3) is 0.432. The number of aryl methyl sites for hydroxylation is 1. The van der Waals surface area contributed by atoms with Crippen molar-refractivity contribution in [2.75, 3.05) is 39.1 Å². The van der Waals surface area contributed by atoms with Gasteiger partial charge in [0.25, 0.3) is 0 Å². The maximum atomic E-state index is 13.6. The number of likely N-dealkylation sites (N-methyl/N-ethyl adjacent to an activating group) is 1. The van der Waals surface area contributed by atoms with Crippen molar-refractivity contribution >= 4 is 17.7 Å². The van der Waals surface area contributed by atoms with Crippen LogP contribution in [0.25, 0.3) is 6.08 Å². The first-order valence-corrected chi connectivity index (χ1v) is 15.8. The van der Waals surface area contributed by atoms with E-state index in [9.17, 15) is 9.90 Å². The lowest BCUT2D eigenvalue weighted by Crippen LogP contribution is -2.69. The molecule has 1 spiro atoms. The average Bonchev–Trinajstić information content (AvgIpc) is 3.35. The van der Waals surface area contributed by atoms with E-state index in [1.165, 1.54) is 22.3 Å². The summed E-state index contributed by atoms with van der Waals surface area (Å²) < 4.78 is 6.87. The molecule has 3 aromatic carbocycles. The third kappa shape index (κ3) is 4.53. The number of hydrogen-bond acceptors (Lipinski definition) is 5. The fourth-order valence-electron chi connectivity index (χ4n) is 8.88. The lowest BCUT2D eigenvalue weighted by molar-refractivity contribution is -0.135. The van der Waals surface area contributed by atoms with Gasteiger partial charge in [-0.15, -0.1) is 0 Å². The van der Waals surface area contributed by atoms with Crippen LogP contribution in [0.15, 0.2) is 66.7 Å². The minimum atomic E-state index is -0.210. The lowest BCUT2D eigenvalue weighted by Gasteiger charge is -2.60. The summed E-state index contributed by atoms with van der Waals surface area (Å²) in [5.74, 6) is 1.30. The molecule has 1 N–H and O–H groups in total. The van der Waals surface area contributed by atoms with E-state index in [4.69, 9.17) is 4.74 Å². The molecule has 7 rings (SSSR count). The van der Waals surface area contributed by atoms with E-state index in [2.05, 4.69) is 73.3 Å². The van der Waals surface area contributed by atoms with Gasteiger partial charge in [0.1, 0.15) is 6.10 Å². The van der Waals surface area contributed by atoms with Crippen molar-refractivity contribution in [2.45, 2.75) is 62.6 Å². The van der Waals surface area contributed by atoms with Gasteiger partial charge in [-0.3, -0.25) is 9.69 Å². The van der Waals surface area contributed by atoms with E-state index in [1.807, 2.05) is 36.2 Å². The number of ether oxygens (including phenoxy) is 1. The predicted octanol–water partition coefficient (Wildman–Crippen LogP) is 5.59. The Morgan fingerprint density at radius 3 is 2.67 bits per heavy atom. The van der Waals surface area contributed by atoms with Gasteiger partial charge in [0, 0.05) is 62.5 Å². The second kappa shape index (κ2) is 10.7. The number of carbonyl (C=O) groups is 1. The van der Waals surface area contributed by atoms with Crippen LogP contribution in [0.2, 0.25) is 0 Å². The van der Waals surface area contributed by atoms with Crippen LogP contribution in [0.5, 0.6) is 11.5 Å². The Balaban J connectivity index is 1.23. The van der Waals surface area contributed by atoms with Gasteiger partial charge in [-0.2, -0.15) is 0 Å². The molecule has 0 unspecified atom stereocenters. The van der Waals surface area contributed by atoms with E-state index < -0.39 is 0 Å². The number of carbonyl (C=O) groups excluding carboxylic acids is 1. The highest BCUT2D eigenvalue weighted by Gasteiger charge is 2.66. The maximum absolute atomic E-state index is 13.6. The molecule has 5 atom stereocenters. The quantitative estimate of drug-likeness (QED) is 0.371. The van der Waals surface area contributed by atoms with Crippen molar-refractivity contribution in [3.63, 3.8) is 0 Å². The van der Waals surface area contributed by atoms with Crippen LogP contribution in [0, 0.1) is 12.8 Å². The SMILES string of the molecule is Cc1cccc(C=CC(=O)N(C)[C@H]2CC[C@H]3[C@H]4Cc5c(N(C)C)cc(O)c6c5[C@@]3(CCN4CCc3ccccc3)[C@H]2O6)c1. The molecule has 2 heterocycles. The number of phenolic OH excluding ortho intramolecular Hbond substituents is 1. The summed E-state index contributed by atoms with van der Waals surface area (Å²) in [6, 6.07) is 21.2. The Bertz CT molecular complexity index is 1570. The molecular formula is C37H43N3O3. The summed E-state index contributed by atoms with van der Waals surface area (Å²) >= 11 is 0. The summed E-state index contributed by atoms with van der Waals surface area (Å²) in [5.41, 5.74) is 7.00. The normalized spacial score (nSPS) is 27.1. The summed E-state index contributed by atoms with van der Waals surface area (Å²) in [6.45, 7) is 4.10. The van der Waals surface area contributed by atoms with Gasteiger partial charge in [-0.1, -0.05) is 60.2 Å². The van der Waals surface area contributed by atoms with Crippen molar-refractivity contribution in [1.82, 2.24) is 9.80 Å². The molecule has 1 amide bonds. The van der Waals surface area contributed by atoms with Gasteiger partial charge in [0.15, 0.2) is 11.5 Å². The van der Waals surface area contributed by atoms with Gasteiger partial charge >= 0.3 is 0 Å². The second-order valence-corrected chi connectivity index (χ2v) is 13.3. The first-order chi connectivity index (χ1) is 20.8. The zero-order valence-corrected chi connectivity index (χ0v) is 25.8. The highest BCUT2D eigenvalue weighted by atomic mass is 16.5. The molecule has 1 saturated carbocycles. The van der Waals surface area contributed by atoms with Gasteiger partial charge in [-0.25, -0.2) is 0 Å². The summed E-state index contributed by atoms with van der Waals surface area (Å²) in [4.78, 5) is 20.4. The number of nitrogens with zero attached hydrogens (tertiary/aromatic N) is 3. The summed E-state index contributed by atoms with van der Waals surface area (Å²) in [5, 5.41) is 11.3. The number of amides is 1. The smallest absolute Gasteiger partial charge is 0.246 e. The standard InChI is InChI=1S/C37H43N3O3/c1-24-9-8-12-26(21-24)13-16-33(42)39(4)29-15-14-28-31-22-27-30(38(2)3)23-32(41)35-34(27)37(28,36(29)43-35)18-20-40(31)19-17-25-10-6-5-7-11-25/h5-13,16,21,23,28-29,31,36,41H,14-15,17-20,22H2,1-4H3/t28-,29-,31+,36-,37-/m0/s1. The van der Waals surface area contributed by atoms with Crippen LogP contribution in [-0.4, -0.2) is 73.2 Å². The topological polar surface area (TPSA) is 56.2 Å². The number of anilines is 1. The molecule has 0 radical (unpaired) electrons. The van der Waals surface area contributed by atoms with E-state index in [-0.39, 0.29) is 29.2 Å². The molecule has 6 nitrogen and oxygen atoms in total. The number of hydrogen-bond donors (Lipinski definition) is 1. The molecule has 224 valence electrons. The average molecular weight is 578 g/mol. The lowest BCUT2D eigenvalue weighted by atomic mass is 9.50. The number of rotatable bonds is 7. The van der Waals surface area contributed by atoms with E-state index in [0.29, 0.717) is 17.7 Å². The van der Waals surface area contributed by atoms with Gasteiger partial charge < -0.3 is 19.6 Å². The van der Waals surface area contributed by atoms with E-state index in [0.717, 1.165) is 56.4 Å². The molecule has 2 aliphatic heterocycles. The van der Waals surface area contributed by atoms with E-state index in [1.54, 1.807) is 6.08 Å². The maximum Gasteiger partial charge on any atom is 0.246 e. The van der Waals surface area contributed by atoms with Crippen LogP contribution in [0.3, 0.4) is 0 Å². The minimum absolute atomic E-state index is 0.00741. The van der Waals surface area contributed by atoms with E-state index >= 15 is 0 Å². The number of likely N-dealkylation sites (tertiary alicyclic amines) is 1. The Morgan fingerprint density at radius 2 is 1.91 bits per heavy atom. The first kappa shape index (κ1) is 28.0. The van der Waals surface area contributed by atoms with Gasteiger partial charge in [0.2, 0.25) is 5.91 Å². The van der Waals surface area contributed by atoms with Crippen LogP contribution < -0.4 is 9.64 Å². The third-order valence-electron chi connectivity index (χ3n) is 10.8. The summed E-state index contributed by atoms with van der Waals surface area (Å²) in [6.07, 6.45) is 8.35. The number of benzene rings is 3. The van der Waals surface area contributed by atoms with Crippen molar-refractivity contribution < 1.29 is 14.6 Å². The molecule has 2 bridgehead atoms. The Labute approximate surface area is 255 Å². The minimum Gasteiger partial charge on any atom is -0.504 e. The van der Waals surface area contributed by atoms with Crippen molar-refractivity contribution in [1.29, 1.82) is 0 Å². The van der Waals surface area contributed by atoms with Crippen LogP contribution in [0.4, 0.5) is 5.69 Å². The largest absolute Gasteiger partial charge is 0.504 e. The molecule has 4 aliphatic rings. The molecule has 2 fully saturated rings. The molecular weight excluding hydrogens is 534 g/mol. The molecule has 1 saturated heterocycles. The van der Waals surface area contributed by atoms with Crippen LogP contribution >= 0.6 is 0 Å². The molecule has 43 heavy (non-hydrogen) atoms. The molecule has 3 aromatic rings. The number of piperidine rings is 1. The molecule has 0 aromatic heterocycles. The zero-order chi connectivity index (χ0) is 29.9. The first-order valence-electron chi connectivity index (χ1n) is 15.8. The second-order valence-electron chi connectivity index (χ2n) is 13.3. The van der Waals surface area contributed by atoms with Crippen LogP contribution in [-0.2, 0) is 23.1 Å². The van der Waals surface area contributed by atoms with Gasteiger partial charge in [-0.05, 0) is 74.3 Å². The number of aromatic hydroxyl groups is 1. The fourth-order valence-corrected chi connectivity index (χ4v) is 8.88. The summed E-state index contributed by atoms with van der Waals surface area (Å²) in [7, 11) is 6.06. The molecule has 2 aliphatic carbocycles. The zero-order valence-electron chi connectivity index (χ0n) is 25.8.